The van der Waals surface area contributed by atoms with Crippen LogP contribution in [-0.4, -0.2) is 140 Å². The molecule has 7 aliphatic rings. The number of ether oxygens (including phenoxy) is 5. The van der Waals surface area contributed by atoms with Crippen LogP contribution in [0.2, 0.25) is 0 Å². The van der Waals surface area contributed by atoms with Crippen molar-refractivity contribution in [3.05, 3.63) is 11.6 Å². The van der Waals surface area contributed by atoms with Crippen molar-refractivity contribution in [1.29, 1.82) is 0 Å². The first kappa shape index (κ1) is 36.1. The molecule has 8 N–H and O–H groups in total. The molecule has 4 saturated carbocycles. The van der Waals surface area contributed by atoms with Gasteiger partial charge in [0.2, 0.25) is 0 Å². The molecule has 0 radical (unpaired) electrons. The number of aliphatic hydroxyl groups is 8. The summed E-state index contributed by atoms with van der Waals surface area (Å²) in [5, 5.41) is 85.8. The Labute approximate surface area is 285 Å². The van der Waals surface area contributed by atoms with E-state index in [0.29, 0.717) is 32.3 Å². The third kappa shape index (κ3) is 5.64. The van der Waals surface area contributed by atoms with Gasteiger partial charge in [0.05, 0.1) is 24.4 Å². The monoisotopic (exact) mass is 698 g/mol. The van der Waals surface area contributed by atoms with Crippen molar-refractivity contribution in [3.63, 3.8) is 0 Å². The molecule has 0 amide bonds. The molecular formula is C35H54O14. The molecule has 0 aromatic carbocycles. The van der Waals surface area contributed by atoms with Gasteiger partial charge in [-0.1, -0.05) is 6.92 Å². The lowest BCUT2D eigenvalue weighted by atomic mass is 9.43. The van der Waals surface area contributed by atoms with Gasteiger partial charge in [-0.25, -0.2) is 4.79 Å². The van der Waals surface area contributed by atoms with Crippen LogP contribution in [0.1, 0.15) is 71.6 Å². The fraction of sp³-hybridized carbons (Fsp3) is 0.914. The van der Waals surface area contributed by atoms with Crippen LogP contribution in [0, 0.1) is 34.5 Å². The number of carbonyl (C=O) groups is 1. The predicted molar refractivity (Wildman–Crippen MR) is 167 cm³/mol. The normalized spacial score (nSPS) is 54.4. The van der Waals surface area contributed by atoms with E-state index in [9.17, 15) is 45.6 Å². The average Bonchev–Trinajstić information content (AvgIpc) is 3.64. The van der Waals surface area contributed by atoms with Gasteiger partial charge in [0.15, 0.2) is 12.6 Å². The highest BCUT2D eigenvalue weighted by molar-refractivity contribution is 5.85. The molecule has 3 heterocycles. The number of esters is 1. The van der Waals surface area contributed by atoms with Gasteiger partial charge >= 0.3 is 5.97 Å². The zero-order valence-corrected chi connectivity index (χ0v) is 28.3. The summed E-state index contributed by atoms with van der Waals surface area (Å²) in [6.45, 7) is 3.47. The molecule has 14 heteroatoms. The van der Waals surface area contributed by atoms with Gasteiger partial charge in [0.1, 0.15) is 49.3 Å². The van der Waals surface area contributed by atoms with Crippen LogP contribution in [0.3, 0.4) is 0 Å². The Hall–Kier alpha value is -1.27. The molecule has 14 nitrogen and oxygen atoms in total. The number of carbonyl (C=O) groups excluding carboxylic acids is 1. The number of aliphatic hydroxyl groups excluding tert-OH is 7. The first-order valence-electron chi connectivity index (χ1n) is 18.1. The first-order valence-corrected chi connectivity index (χ1v) is 18.1. The summed E-state index contributed by atoms with van der Waals surface area (Å²) in [6, 6.07) is 0. The molecule has 4 aliphatic carbocycles. The topological polar surface area (TPSA) is 225 Å². The predicted octanol–water partition coefficient (Wildman–Crippen LogP) is -0.747. The molecule has 2 saturated heterocycles. The van der Waals surface area contributed by atoms with Crippen molar-refractivity contribution in [2.75, 3.05) is 19.8 Å². The minimum absolute atomic E-state index is 0.0184. The molecule has 0 unspecified atom stereocenters. The third-order valence-corrected chi connectivity index (χ3v) is 14.2. The quantitative estimate of drug-likeness (QED) is 0.121. The summed E-state index contributed by atoms with van der Waals surface area (Å²) in [4.78, 5) is 11.9. The Bertz CT molecular complexity index is 1260. The largest absolute Gasteiger partial charge is 0.458 e. The zero-order valence-electron chi connectivity index (χ0n) is 28.3. The Morgan fingerprint density at radius 3 is 2.27 bits per heavy atom. The van der Waals surface area contributed by atoms with Gasteiger partial charge in [-0.3, -0.25) is 0 Å². The second-order valence-electron chi connectivity index (χ2n) is 16.2. The Morgan fingerprint density at radius 2 is 1.57 bits per heavy atom. The highest BCUT2D eigenvalue weighted by Gasteiger charge is 2.68. The van der Waals surface area contributed by atoms with E-state index in [2.05, 4.69) is 6.92 Å². The highest BCUT2D eigenvalue weighted by Crippen LogP contribution is 2.70. The van der Waals surface area contributed by atoms with E-state index in [1.165, 1.54) is 0 Å². The molecule has 0 aromatic heterocycles. The van der Waals surface area contributed by atoms with E-state index in [-0.39, 0.29) is 53.2 Å². The van der Waals surface area contributed by atoms with Crippen LogP contribution in [0.4, 0.5) is 0 Å². The van der Waals surface area contributed by atoms with Gasteiger partial charge in [-0.15, -0.1) is 0 Å². The molecule has 6 fully saturated rings. The van der Waals surface area contributed by atoms with E-state index in [0.717, 1.165) is 37.7 Å². The van der Waals surface area contributed by atoms with Crippen LogP contribution >= 0.6 is 0 Å². The third-order valence-electron chi connectivity index (χ3n) is 14.2. The summed E-state index contributed by atoms with van der Waals surface area (Å²) < 4.78 is 28.7. The Balaban J connectivity index is 0.995. The molecular weight excluding hydrogens is 644 g/mol. The molecule has 49 heavy (non-hydrogen) atoms. The fourth-order valence-corrected chi connectivity index (χ4v) is 11.4. The molecule has 7 rings (SSSR count). The van der Waals surface area contributed by atoms with Crippen LogP contribution < -0.4 is 0 Å². The SMILES string of the molecule is C[C@@H]1O[C@H](O[C@@H]2CC[C@@]3(CO)[C@H](CC[C@H]4[C@@H]3CC[C@]3(C)[C@H](C5=CC(=O)OC5)CC[C@]43O)C2)[C@H](O)[C@H](O)[C@H]1O[C@H]1O[C@@H](CO)[C@H](O)[C@@H](O)[C@@H]1O. The Morgan fingerprint density at radius 1 is 0.837 bits per heavy atom. The van der Waals surface area contributed by atoms with Crippen LogP contribution in [0.5, 0.6) is 0 Å². The lowest BCUT2D eigenvalue weighted by Gasteiger charge is -2.64. The van der Waals surface area contributed by atoms with E-state index in [1.807, 2.05) is 0 Å². The van der Waals surface area contributed by atoms with Crippen molar-refractivity contribution < 1.29 is 69.3 Å². The van der Waals surface area contributed by atoms with Crippen molar-refractivity contribution >= 4 is 5.97 Å². The summed E-state index contributed by atoms with van der Waals surface area (Å²) in [5.74, 6) is 0.104. The van der Waals surface area contributed by atoms with E-state index < -0.39 is 73.6 Å². The van der Waals surface area contributed by atoms with Gasteiger partial charge in [0.25, 0.3) is 0 Å². The summed E-state index contributed by atoms with van der Waals surface area (Å²) in [6.07, 6.45) is -5.76. The maximum atomic E-state index is 12.5. The number of fused-ring (bicyclic) bond motifs is 5. The maximum absolute atomic E-state index is 12.5. The van der Waals surface area contributed by atoms with Crippen molar-refractivity contribution in [3.8, 4) is 0 Å². The molecule has 0 aromatic rings. The second kappa shape index (κ2) is 13.3. The molecule has 3 aliphatic heterocycles. The van der Waals surface area contributed by atoms with E-state index in [4.69, 9.17) is 23.7 Å². The van der Waals surface area contributed by atoms with Crippen molar-refractivity contribution in [2.24, 2.45) is 34.5 Å². The minimum atomic E-state index is -1.67. The zero-order chi connectivity index (χ0) is 35.0. The van der Waals surface area contributed by atoms with Crippen molar-refractivity contribution in [2.45, 2.75) is 145 Å². The van der Waals surface area contributed by atoms with E-state index >= 15 is 0 Å². The fourth-order valence-electron chi connectivity index (χ4n) is 11.4. The lowest BCUT2D eigenvalue weighted by Crippen LogP contribution is -2.64. The molecule has 18 atom stereocenters. The second-order valence-corrected chi connectivity index (χ2v) is 16.2. The van der Waals surface area contributed by atoms with Gasteiger partial charge in [-0.2, -0.15) is 0 Å². The number of hydrogen-bond donors (Lipinski definition) is 8. The standard InChI is InChI=1S/C35H54O14/c1-16-30(49-32-28(42)26(40)25(39)23(13-36)48-32)27(41)29(43)31(46-16)47-19-5-9-34(15-37)18(12-19)3-4-22-21(34)6-8-33(2)20(7-10-35(22,33)44)17-11-24(38)45-14-17/h11,16,18-23,25-32,36-37,39-44H,3-10,12-15H2,1-2H3/t16-,18+,19+,20-,21-,22-,23-,25-,26+,27-,28-,29+,30-,31+,32+,33+,34+,35-/m0/s1. The Kier molecular flexibility index (Phi) is 9.80. The minimum Gasteiger partial charge on any atom is -0.458 e. The number of hydrogen-bond acceptors (Lipinski definition) is 14. The van der Waals surface area contributed by atoms with Crippen LogP contribution in [0.25, 0.3) is 0 Å². The van der Waals surface area contributed by atoms with Gasteiger partial charge in [-0.05, 0) is 99.4 Å². The summed E-state index contributed by atoms with van der Waals surface area (Å²) >= 11 is 0. The summed E-state index contributed by atoms with van der Waals surface area (Å²) in [5.41, 5.74) is -0.641. The maximum Gasteiger partial charge on any atom is 0.331 e. The average molecular weight is 699 g/mol. The van der Waals surface area contributed by atoms with Gasteiger partial charge in [0, 0.05) is 18.1 Å². The molecule has 0 bridgehead atoms. The van der Waals surface area contributed by atoms with Crippen molar-refractivity contribution in [1.82, 2.24) is 0 Å². The first-order chi connectivity index (χ1) is 23.3. The number of cyclic esters (lactones) is 1. The smallest absolute Gasteiger partial charge is 0.331 e. The number of rotatable bonds is 7. The van der Waals surface area contributed by atoms with Crippen LogP contribution in [-0.2, 0) is 28.5 Å². The highest BCUT2D eigenvalue weighted by atomic mass is 16.7. The lowest BCUT2D eigenvalue weighted by molar-refractivity contribution is -0.360. The molecule has 0 spiro atoms. The van der Waals surface area contributed by atoms with Crippen LogP contribution in [0.15, 0.2) is 11.6 Å². The summed E-state index contributed by atoms with van der Waals surface area (Å²) in [7, 11) is 0. The van der Waals surface area contributed by atoms with E-state index in [1.54, 1.807) is 13.0 Å². The molecule has 278 valence electrons. The van der Waals surface area contributed by atoms with Gasteiger partial charge < -0.3 is 64.5 Å².